The zero-order valence-corrected chi connectivity index (χ0v) is 13.6. The Morgan fingerprint density at radius 3 is 2.92 bits per heavy atom. The van der Waals surface area contributed by atoms with Crippen LogP contribution in [-0.4, -0.2) is 51.4 Å². The Hall–Kier alpha value is -2.57. The second-order valence-electron chi connectivity index (χ2n) is 6.29. The molecule has 1 amide bonds. The van der Waals surface area contributed by atoms with E-state index in [-0.39, 0.29) is 18.4 Å². The molecule has 1 fully saturated rings. The molecular weight excluding hydrogens is 308 g/mol. The number of nitrogens with zero attached hydrogens (tertiary/aromatic N) is 4. The van der Waals surface area contributed by atoms with E-state index in [1.54, 1.807) is 6.33 Å². The lowest BCUT2D eigenvalue weighted by Gasteiger charge is -2.35. The molecule has 0 aliphatic carbocycles. The SMILES string of the molecule is Cn1cnnc1C1CCCN(C(=O)C2COc3ccccc3O2)C1. The number of likely N-dealkylation sites (tertiary alicyclic amines) is 1. The molecule has 126 valence electrons. The minimum atomic E-state index is -0.585. The topological polar surface area (TPSA) is 69.5 Å². The molecule has 2 atom stereocenters. The number of fused-ring (bicyclic) bond motifs is 1. The number of carbonyl (C=O) groups excluding carboxylic acids is 1. The number of aryl methyl sites for hydroxylation is 1. The Bertz CT molecular complexity index is 745. The number of rotatable bonds is 2. The Labute approximate surface area is 140 Å². The van der Waals surface area contributed by atoms with Crippen molar-refractivity contribution in [3.63, 3.8) is 0 Å². The van der Waals surface area contributed by atoms with Gasteiger partial charge < -0.3 is 18.9 Å². The number of amides is 1. The number of ether oxygens (including phenoxy) is 2. The maximum absolute atomic E-state index is 12.8. The van der Waals surface area contributed by atoms with E-state index in [1.165, 1.54) is 0 Å². The molecule has 0 saturated carbocycles. The fourth-order valence-corrected chi connectivity index (χ4v) is 3.39. The predicted octanol–water partition coefficient (Wildman–Crippen LogP) is 1.36. The monoisotopic (exact) mass is 328 g/mol. The van der Waals surface area contributed by atoms with Crippen molar-refractivity contribution in [3.05, 3.63) is 36.4 Å². The van der Waals surface area contributed by atoms with Crippen LogP contribution in [0.25, 0.3) is 0 Å². The molecule has 0 bridgehead atoms. The average molecular weight is 328 g/mol. The number of hydrogen-bond donors (Lipinski definition) is 0. The first-order valence-electron chi connectivity index (χ1n) is 8.23. The van der Waals surface area contributed by atoms with Crippen molar-refractivity contribution in [3.8, 4) is 11.5 Å². The van der Waals surface area contributed by atoms with Gasteiger partial charge in [-0.1, -0.05) is 12.1 Å². The minimum absolute atomic E-state index is 0.0172. The number of benzene rings is 1. The van der Waals surface area contributed by atoms with Crippen LogP contribution in [0.1, 0.15) is 24.6 Å². The van der Waals surface area contributed by atoms with Gasteiger partial charge >= 0.3 is 0 Å². The van der Waals surface area contributed by atoms with Crippen molar-refractivity contribution in [2.45, 2.75) is 24.9 Å². The second kappa shape index (κ2) is 6.14. The quantitative estimate of drug-likeness (QED) is 0.832. The van der Waals surface area contributed by atoms with Gasteiger partial charge in [-0.3, -0.25) is 4.79 Å². The first kappa shape index (κ1) is 15.0. The van der Waals surface area contributed by atoms with Crippen LogP contribution in [0.2, 0.25) is 0 Å². The van der Waals surface area contributed by atoms with Crippen LogP contribution < -0.4 is 9.47 Å². The van der Waals surface area contributed by atoms with Gasteiger partial charge in [0.25, 0.3) is 5.91 Å². The highest BCUT2D eigenvalue weighted by Gasteiger charge is 2.34. The molecule has 7 nitrogen and oxygen atoms in total. The van der Waals surface area contributed by atoms with Crippen molar-refractivity contribution in [2.24, 2.45) is 7.05 Å². The van der Waals surface area contributed by atoms with E-state index in [4.69, 9.17) is 9.47 Å². The van der Waals surface area contributed by atoms with Crippen LogP contribution >= 0.6 is 0 Å². The van der Waals surface area contributed by atoms with Crippen molar-refractivity contribution >= 4 is 5.91 Å². The summed E-state index contributed by atoms with van der Waals surface area (Å²) in [7, 11) is 1.94. The van der Waals surface area contributed by atoms with Crippen LogP contribution in [-0.2, 0) is 11.8 Å². The van der Waals surface area contributed by atoms with E-state index >= 15 is 0 Å². The molecule has 1 saturated heterocycles. The van der Waals surface area contributed by atoms with Gasteiger partial charge in [0, 0.05) is 26.1 Å². The zero-order valence-electron chi connectivity index (χ0n) is 13.6. The lowest BCUT2D eigenvalue weighted by atomic mass is 9.96. The van der Waals surface area contributed by atoms with Gasteiger partial charge in [-0.25, -0.2) is 0 Å². The van der Waals surface area contributed by atoms with E-state index in [1.807, 2.05) is 40.8 Å². The van der Waals surface area contributed by atoms with Crippen LogP contribution in [0.15, 0.2) is 30.6 Å². The molecule has 2 unspecified atom stereocenters. The van der Waals surface area contributed by atoms with Gasteiger partial charge in [-0.15, -0.1) is 10.2 Å². The number of carbonyl (C=O) groups is 1. The summed E-state index contributed by atoms with van der Waals surface area (Å²) in [5.41, 5.74) is 0. The zero-order chi connectivity index (χ0) is 16.5. The number of aromatic nitrogens is 3. The molecule has 3 heterocycles. The summed E-state index contributed by atoms with van der Waals surface area (Å²) in [5.74, 6) is 2.45. The van der Waals surface area contributed by atoms with Gasteiger partial charge in [0.05, 0.1) is 0 Å². The second-order valence-corrected chi connectivity index (χ2v) is 6.29. The lowest BCUT2D eigenvalue weighted by molar-refractivity contribution is -0.142. The number of hydrogen-bond acceptors (Lipinski definition) is 5. The van der Waals surface area contributed by atoms with Crippen LogP contribution in [0.3, 0.4) is 0 Å². The van der Waals surface area contributed by atoms with Gasteiger partial charge in [0.2, 0.25) is 6.10 Å². The fraction of sp³-hybridized carbons (Fsp3) is 0.471. The summed E-state index contributed by atoms with van der Waals surface area (Å²) in [6.45, 7) is 1.64. The fourth-order valence-electron chi connectivity index (χ4n) is 3.39. The van der Waals surface area contributed by atoms with Crippen LogP contribution in [0.5, 0.6) is 11.5 Å². The van der Waals surface area contributed by atoms with E-state index in [2.05, 4.69) is 10.2 Å². The summed E-state index contributed by atoms with van der Waals surface area (Å²) in [6, 6.07) is 7.44. The summed E-state index contributed by atoms with van der Waals surface area (Å²) in [5, 5.41) is 8.14. The van der Waals surface area contributed by atoms with Gasteiger partial charge in [-0.05, 0) is 25.0 Å². The molecule has 2 aromatic rings. The smallest absolute Gasteiger partial charge is 0.267 e. The summed E-state index contributed by atoms with van der Waals surface area (Å²) >= 11 is 0. The van der Waals surface area contributed by atoms with Crippen molar-refractivity contribution in [1.29, 1.82) is 0 Å². The van der Waals surface area contributed by atoms with Gasteiger partial charge in [0.15, 0.2) is 11.5 Å². The number of piperidine rings is 1. The van der Waals surface area contributed by atoms with E-state index in [0.29, 0.717) is 18.0 Å². The third-order valence-electron chi connectivity index (χ3n) is 4.63. The highest BCUT2D eigenvalue weighted by Crippen LogP contribution is 2.32. The molecule has 0 radical (unpaired) electrons. The molecule has 4 rings (SSSR count). The normalized spacial score (nSPS) is 23.1. The first-order valence-corrected chi connectivity index (χ1v) is 8.23. The lowest BCUT2D eigenvalue weighted by Crippen LogP contribution is -2.49. The summed E-state index contributed by atoms with van der Waals surface area (Å²) in [4.78, 5) is 14.7. The summed E-state index contributed by atoms with van der Waals surface area (Å²) in [6.07, 6.45) is 3.08. The predicted molar refractivity (Wildman–Crippen MR) is 85.9 cm³/mol. The molecule has 0 spiro atoms. The maximum atomic E-state index is 12.8. The van der Waals surface area contributed by atoms with Crippen LogP contribution in [0.4, 0.5) is 0 Å². The Kier molecular flexibility index (Phi) is 3.84. The molecule has 7 heteroatoms. The molecule has 1 aromatic carbocycles. The Morgan fingerprint density at radius 2 is 2.12 bits per heavy atom. The number of para-hydroxylation sites is 2. The Balaban J connectivity index is 1.46. The van der Waals surface area contributed by atoms with Crippen molar-refractivity contribution < 1.29 is 14.3 Å². The van der Waals surface area contributed by atoms with Crippen LogP contribution in [0, 0.1) is 0 Å². The van der Waals surface area contributed by atoms with Gasteiger partial charge in [0.1, 0.15) is 18.8 Å². The largest absolute Gasteiger partial charge is 0.485 e. The highest BCUT2D eigenvalue weighted by molar-refractivity contribution is 5.82. The molecule has 2 aliphatic rings. The molecule has 0 N–H and O–H groups in total. The van der Waals surface area contributed by atoms with Gasteiger partial charge in [-0.2, -0.15) is 0 Å². The average Bonchev–Trinajstić information content (AvgIpc) is 3.07. The standard InChI is InChI=1S/C17H20N4O3/c1-20-11-18-19-16(20)12-5-4-8-21(9-12)17(22)15-10-23-13-6-2-3-7-14(13)24-15/h2-3,6-7,11-12,15H,4-5,8-10H2,1H3. The van der Waals surface area contributed by atoms with E-state index < -0.39 is 6.10 Å². The minimum Gasteiger partial charge on any atom is -0.485 e. The first-order chi connectivity index (χ1) is 11.7. The molecular formula is C17H20N4O3. The highest BCUT2D eigenvalue weighted by atomic mass is 16.6. The summed E-state index contributed by atoms with van der Waals surface area (Å²) < 4.78 is 13.4. The Morgan fingerprint density at radius 1 is 1.29 bits per heavy atom. The molecule has 2 aliphatic heterocycles. The van der Waals surface area contributed by atoms with E-state index in [9.17, 15) is 4.79 Å². The van der Waals surface area contributed by atoms with E-state index in [0.717, 1.165) is 25.2 Å². The molecule has 24 heavy (non-hydrogen) atoms. The third-order valence-corrected chi connectivity index (χ3v) is 4.63. The van der Waals surface area contributed by atoms with Crippen molar-refractivity contribution in [2.75, 3.05) is 19.7 Å². The maximum Gasteiger partial charge on any atom is 0.267 e. The van der Waals surface area contributed by atoms with Crippen molar-refractivity contribution in [1.82, 2.24) is 19.7 Å². The third kappa shape index (κ3) is 2.70. The molecule has 1 aromatic heterocycles.